The number of hydrogen-bond acceptors (Lipinski definition) is 3. The van der Waals surface area contributed by atoms with Crippen molar-refractivity contribution in [2.45, 2.75) is 0 Å². The number of hydrogen-bond donors (Lipinski definition) is 0. The van der Waals surface area contributed by atoms with Gasteiger partial charge in [-0.15, -0.1) is 0 Å². The van der Waals surface area contributed by atoms with Gasteiger partial charge in [-0.25, -0.2) is 0 Å². The molecule has 11 aromatic rings. The number of benzene rings is 9. The fraction of sp³-hybridized carbons (Fsp3) is 0. The van der Waals surface area contributed by atoms with Crippen molar-refractivity contribution in [1.29, 1.82) is 0 Å². The van der Waals surface area contributed by atoms with Crippen LogP contribution in [0.3, 0.4) is 0 Å². The standard InChI is InChI=1S/C50H31NO2/c1-3-13-38-32(10-1)12-7-16-39(38)34-22-27-36(28-23-34)51(44-18-9-21-47-49(44)43-31-26-33-11-2-4-14-41(33)50(43)53-47)37-29-24-35(25-30-37)40-17-8-20-46-48(40)42-15-5-6-19-45(42)52-46/h1-31H/i24D,25D,29D,30D. The van der Waals surface area contributed by atoms with Crippen molar-refractivity contribution < 1.29 is 14.3 Å². The summed E-state index contributed by atoms with van der Waals surface area (Å²) in [5.74, 6) is 0. The van der Waals surface area contributed by atoms with Crippen molar-refractivity contribution in [2.75, 3.05) is 4.90 Å². The first-order valence-corrected chi connectivity index (χ1v) is 17.7. The van der Waals surface area contributed by atoms with Gasteiger partial charge in [-0.2, -0.15) is 0 Å². The van der Waals surface area contributed by atoms with E-state index in [2.05, 4.69) is 66.7 Å². The molecule has 0 bridgehead atoms. The van der Waals surface area contributed by atoms with Crippen molar-refractivity contribution in [3.63, 3.8) is 0 Å². The first kappa shape index (κ1) is 25.8. The van der Waals surface area contributed by atoms with Crippen molar-refractivity contribution in [2.24, 2.45) is 0 Å². The van der Waals surface area contributed by atoms with Gasteiger partial charge in [0.2, 0.25) is 0 Å². The molecule has 2 aromatic heterocycles. The molecule has 0 unspecified atom stereocenters. The maximum absolute atomic E-state index is 9.72. The minimum Gasteiger partial charge on any atom is -0.456 e. The third kappa shape index (κ3) is 4.68. The lowest BCUT2D eigenvalue weighted by molar-refractivity contribution is 0.669. The lowest BCUT2D eigenvalue weighted by atomic mass is 9.97. The predicted molar refractivity (Wildman–Crippen MR) is 222 cm³/mol. The molecule has 0 aliphatic carbocycles. The molecule has 0 N–H and O–H groups in total. The second kappa shape index (κ2) is 11.7. The Morgan fingerprint density at radius 3 is 1.83 bits per heavy atom. The fourth-order valence-electron chi connectivity index (χ4n) is 7.91. The van der Waals surface area contributed by atoms with Crippen molar-refractivity contribution in [3.05, 3.63) is 188 Å². The van der Waals surface area contributed by atoms with Gasteiger partial charge in [-0.3, -0.25) is 0 Å². The average Bonchev–Trinajstić information content (AvgIpc) is 3.84. The highest BCUT2D eigenvalue weighted by molar-refractivity contribution is 6.19. The zero-order valence-corrected chi connectivity index (χ0v) is 28.4. The van der Waals surface area contributed by atoms with Gasteiger partial charge in [0.15, 0.2) is 0 Å². The lowest BCUT2D eigenvalue weighted by Gasteiger charge is -2.27. The highest BCUT2D eigenvalue weighted by Crippen LogP contribution is 2.45. The Bertz CT molecular complexity index is 3390. The van der Waals surface area contributed by atoms with E-state index in [1.807, 2.05) is 102 Å². The molecule has 0 atom stereocenters. The molecular formula is C50H31NO2. The van der Waals surface area contributed by atoms with Gasteiger partial charge in [-0.1, -0.05) is 133 Å². The summed E-state index contributed by atoms with van der Waals surface area (Å²) in [4.78, 5) is 1.86. The maximum Gasteiger partial charge on any atom is 0.143 e. The van der Waals surface area contributed by atoms with Crippen molar-refractivity contribution in [1.82, 2.24) is 0 Å². The van der Waals surface area contributed by atoms with Crippen LogP contribution in [0.5, 0.6) is 0 Å². The molecule has 3 nitrogen and oxygen atoms in total. The molecule has 0 aliphatic heterocycles. The SMILES string of the molecule is [2H]c1c([2H])c(N(c2ccc(-c3cccc4ccccc34)cc2)c2cccc3oc4c5ccccc5ccc4c23)c([2H])c([2H])c1-c1cccc2oc3ccccc3c12. The summed E-state index contributed by atoms with van der Waals surface area (Å²) >= 11 is 0. The van der Waals surface area contributed by atoms with Crippen molar-refractivity contribution >= 4 is 82.5 Å². The van der Waals surface area contributed by atoms with Gasteiger partial charge < -0.3 is 13.7 Å². The van der Waals surface area contributed by atoms with E-state index < -0.39 is 0 Å². The first-order chi connectivity index (χ1) is 28.0. The second-order valence-corrected chi connectivity index (χ2v) is 13.3. The Balaban J connectivity index is 1.17. The van der Waals surface area contributed by atoms with Crippen LogP contribution in [-0.4, -0.2) is 0 Å². The van der Waals surface area contributed by atoms with Crippen LogP contribution in [0.1, 0.15) is 5.48 Å². The zero-order chi connectivity index (χ0) is 38.4. The number of furan rings is 2. The molecular weight excluding hydrogens is 647 g/mol. The number of anilines is 3. The monoisotopic (exact) mass is 681 g/mol. The number of rotatable bonds is 5. The van der Waals surface area contributed by atoms with Crippen LogP contribution in [0, 0.1) is 0 Å². The van der Waals surface area contributed by atoms with Crippen LogP contribution in [-0.2, 0) is 0 Å². The van der Waals surface area contributed by atoms with Gasteiger partial charge in [0.25, 0.3) is 0 Å². The maximum atomic E-state index is 9.72. The Labute approximate surface area is 311 Å². The van der Waals surface area contributed by atoms with Crippen LogP contribution >= 0.6 is 0 Å². The van der Waals surface area contributed by atoms with Gasteiger partial charge in [-0.05, 0) is 93.0 Å². The Kier molecular flexibility index (Phi) is 5.71. The highest BCUT2D eigenvalue weighted by Gasteiger charge is 2.21. The molecule has 248 valence electrons. The summed E-state index contributed by atoms with van der Waals surface area (Å²) in [6.45, 7) is 0. The summed E-state index contributed by atoms with van der Waals surface area (Å²) in [5.41, 5.74) is 7.12. The smallest absolute Gasteiger partial charge is 0.143 e. The topological polar surface area (TPSA) is 29.5 Å². The molecule has 0 fully saturated rings. The van der Waals surface area contributed by atoms with E-state index in [0.29, 0.717) is 33.7 Å². The summed E-state index contributed by atoms with van der Waals surface area (Å²) in [7, 11) is 0. The molecule has 53 heavy (non-hydrogen) atoms. The van der Waals surface area contributed by atoms with Crippen LogP contribution in [0.15, 0.2) is 197 Å². The summed E-state index contributed by atoms with van der Waals surface area (Å²) in [6.07, 6.45) is 0. The molecule has 0 saturated carbocycles. The summed E-state index contributed by atoms with van der Waals surface area (Å²) < 4.78 is 51.3. The molecule has 0 saturated heterocycles. The number of nitrogens with zero attached hydrogens (tertiary/aromatic N) is 1. The number of para-hydroxylation sites is 1. The van der Waals surface area contributed by atoms with Crippen LogP contribution in [0.2, 0.25) is 0 Å². The lowest BCUT2D eigenvalue weighted by Crippen LogP contribution is -2.10. The van der Waals surface area contributed by atoms with Gasteiger partial charge in [0.05, 0.1) is 16.6 Å². The van der Waals surface area contributed by atoms with Gasteiger partial charge >= 0.3 is 0 Å². The molecule has 3 heteroatoms. The minimum atomic E-state index is -0.163. The summed E-state index contributed by atoms with van der Waals surface area (Å²) in [6, 6.07) is 53.4. The Morgan fingerprint density at radius 1 is 0.377 bits per heavy atom. The van der Waals surface area contributed by atoms with E-state index in [1.54, 1.807) is 0 Å². The highest BCUT2D eigenvalue weighted by atomic mass is 16.3. The zero-order valence-electron chi connectivity index (χ0n) is 32.4. The summed E-state index contributed by atoms with van der Waals surface area (Å²) in [5, 5.41) is 7.64. The Morgan fingerprint density at radius 2 is 1.00 bits per heavy atom. The molecule has 2 heterocycles. The van der Waals surface area contributed by atoms with E-state index in [1.165, 1.54) is 0 Å². The van der Waals surface area contributed by atoms with Gasteiger partial charge in [0, 0.05) is 32.9 Å². The van der Waals surface area contributed by atoms with Gasteiger partial charge in [0.1, 0.15) is 22.3 Å². The quantitative estimate of drug-likeness (QED) is 0.181. The molecule has 0 radical (unpaired) electrons. The third-order valence-electron chi connectivity index (χ3n) is 10.3. The normalized spacial score (nSPS) is 12.8. The van der Waals surface area contributed by atoms with Crippen LogP contribution < -0.4 is 4.90 Å². The minimum absolute atomic E-state index is 0.138. The molecule has 9 aromatic carbocycles. The number of fused-ring (bicyclic) bond motifs is 9. The van der Waals surface area contributed by atoms with Crippen LogP contribution in [0.25, 0.3) is 87.7 Å². The average molecular weight is 682 g/mol. The fourth-order valence-corrected chi connectivity index (χ4v) is 7.91. The Hall–Kier alpha value is -7.10. The van der Waals surface area contributed by atoms with Crippen molar-refractivity contribution in [3.8, 4) is 22.3 Å². The van der Waals surface area contributed by atoms with E-state index in [9.17, 15) is 5.48 Å². The van der Waals surface area contributed by atoms with E-state index in [0.717, 1.165) is 59.8 Å². The molecule has 11 rings (SSSR count). The first-order valence-electron chi connectivity index (χ1n) is 19.7. The van der Waals surface area contributed by atoms with E-state index >= 15 is 0 Å². The molecule has 0 amide bonds. The van der Waals surface area contributed by atoms with E-state index in [4.69, 9.17) is 8.83 Å². The molecule has 0 spiro atoms. The van der Waals surface area contributed by atoms with Crippen LogP contribution in [0.4, 0.5) is 17.1 Å². The third-order valence-corrected chi connectivity index (χ3v) is 10.3. The largest absolute Gasteiger partial charge is 0.456 e. The molecule has 0 aliphatic rings. The van der Waals surface area contributed by atoms with E-state index in [-0.39, 0.29) is 35.4 Å². The predicted octanol–water partition coefficient (Wildman–Crippen LogP) is 14.6. The second-order valence-electron chi connectivity index (χ2n) is 13.3.